The van der Waals surface area contributed by atoms with Crippen LogP contribution >= 0.6 is 0 Å². The number of benzene rings is 2. The predicted molar refractivity (Wildman–Crippen MR) is 106 cm³/mol. The maximum Gasteiger partial charge on any atom is -0.0125 e. The molecular formula is C24H28. The first-order chi connectivity index (χ1) is 11.4. The molecule has 24 heavy (non-hydrogen) atoms. The van der Waals surface area contributed by atoms with Crippen molar-refractivity contribution in [3.8, 4) is 11.1 Å². The minimum atomic E-state index is 0.658. The van der Waals surface area contributed by atoms with Gasteiger partial charge in [0.15, 0.2) is 0 Å². The van der Waals surface area contributed by atoms with Crippen molar-refractivity contribution in [1.82, 2.24) is 0 Å². The fourth-order valence-electron chi connectivity index (χ4n) is 4.40. The topological polar surface area (TPSA) is 0 Å². The molecule has 2 aromatic carbocycles. The van der Waals surface area contributed by atoms with Crippen molar-refractivity contribution in [3.63, 3.8) is 0 Å². The molecule has 1 unspecified atom stereocenters. The van der Waals surface area contributed by atoms with Crippen molar-refractivity contribution in [2.75, 3.05) is 0 Å². The molecule has 1 aliphatic rings. The minimum Gasteiger partial charge on any atom is -0.0778 e. The summed E-state index contributed by atoms with van der Waals surface area (Å²) in [7, 11) is 0. The second-order valence-corrected chi connectivity index (χ2v) is 7.54. The molecule has 0 bridgehead atoms. The van der Waals surface area contributed by atoms with Crippen molar-refractivity contribution < 1.29 is 0 Å². The summed E-state index contributed by atoms with van der Waals surface area (Å²) in [4.78, 5) is 0. The number of hydrogen-bond acceptors (Lipinski definition) is 0. The maximum atomic E-state index is 2.41. The Kier molecular flexibility index (Phi) is 4.49. The summed E-state index contributed by atoms with van der Waals surface area (Å²) in [5, 5.41) is 0. The molecule has 0 heterocycles. The van der Waals surface area contributed by atoms with Crippen LogP contribution in [0, 0.1) is 26.7 Å². The summed E-state index contributed by atoms with van der Waals surface area (Å²) < 4.78 is 0. The fourth-order valence-corrected chi connectivity index (χ4v) is 4.40. The van der Waals surface area contributed by atoms with E-state index in [-0.39, 0.29) is 0 Å². The van der Waals surface area contributed by atoms with E-state index < -0.39 is 0 Å². The second kappa shape index (κ2) is 6.43. The smallest absolute Gasteiger partial charge is 0.0125 e. The zero-order valence-corrected chi connectivity index (χ0v) is 15.8. The molecule has 0 heteroatoms. The van der Waals surface area contributed by atoms with Crippen LogP contribution in [-0.4, -0.2) is 0 Å². The van der Waals surface area contributed by atoms with Crippen LogP contribution in [-0.2, 0) is 0 Å². The van der Waals surface area contributed by atoms with Crippen LogP contribution in [0.5, 0.6) is 0 Å². The van der Waals surface area contributed by atoms with Crippen molar-refractivity contribution >= 4 is 5.57 Å². The highest BCUT2D eigenvalue weighted by molar-refractivity contribution is 5.83. The molecule has 0 fully saturated rings. The van der Waals surface area contributed by atoms with E-state index >= 15 is 0 Å². The average molecular weight is 316 g/mol. The Morgan fingerprint density at radius 2 is 1.33 bits per heavy atom. The van der Waals surface area contributed by atoms with Gasteiger partial charge in [-0.1, -0.05) is 60.5 Å². The largest absolute Gasteiger partial charge is 0.0778 e. The Labute approximate surface area is 146 Å². The number of rotatable bonds is 2. The monoisotopic (exact) mass is 316 g/mol. The molecule has 0 nitrogen and oxygen atoms in total. The van der Waals surface area contributed by atoms with Gasteiger partial charge in [0.05, 0.1) is 0 Å². The van der Waals surface area contributed by atoms with E-state index in [0.29, 0.717) is 5.92 Å². The molecule has 3 rings (SSSR count). The first-order valence-corrected chi connectivity index (χ1v) is 8.94. The first-order valence-electron chi connectivity index (χ1n) is 8.94. The van der Waals surface area contributed by atoms with Crippen LogP contribution in [0.2, 0.25) is 0 Å². The molecule has 0 saturated heterocycles. The molecule has 1 aliphatic carbocycles. The van der Waals surface area contributed by atoms with Gasteiger partial charge < -0.3 is 0 Å². The van der Waals surface area contributed by atoms with Crippen LogP contribution in [0.1, 0.15) is 49.4 Å². The SMILES string of the molecule is CC1=CC(C)CC(C)=C1c1ccc(-c2c(C)cc(C)cc2C)cc1. The molecule has 2 aromatic rings. The Hall–Kier alpha value is -2.08. The van der Waals surface area contributed by atoms with E-state index in [0.717, 1.165) is 0 Å². The highest BCUT2D eigenvalue weighted by Gasteiger charge is 2.16. The van der Waals surface area contributed by atoms with Gasteiger partial charge in [-0.2, -0.15) is 0 Å². The zero-order valence-electron chi connectivity index (χ0n) is 15.8. The normalized spacial score (nSPS) is 17.9. The van der Waals surface area contributed by atoms with Crippen LogP contribution in [0.3, 0.4) is 0 Å². The lowest BCUT2D eigenvalue weighted by Crippen LogP contribution is -2.03. The van der Waals surface area contributed by atoms with Crippen LogP contribution in [0.25, 0.3) is 16.7 Å². The molecule has 0 spiro atoms. The molecular weight excluding hydrogens is 288 g/mol. The number of allylic oxidation sites excluding steroid dienone is 4. The standard InChI is InChI=1S/C24H28/c1-15-11-17(3)23(18(4)12-15)21-7-9-22(10-8-21)24-19(5)13-16(2)14-20(24)6/h7-13,16H,14H2,1-6H3. The van der Waals surface area contributed by atoms with Gasteiger partial charge in [-0.05, 0) is 85.9 Å². The lowest BCUT2D eigenvalue weighted by Gasteiger charge is -2.22. The maximum absolute atomic E-state index is 2.41. The van der Waals surface area contributed by atoms with Crippen LogP contribution in [0.4, 0.5) is 0 Å². The van der Waals surface area contributed by atoms with E-state index in [9.17, 15) is 0 Å². The highest BCUT2D eigenvalue weighted by atomic mass is 14.2. The van der Waals surface area contributed by atoms with Gasteiger partial charge in [-0.15, -0.1) is 0 Å². The molecule has 1 atom stereocenters. The number of aryl methyl sites for hydroxylation is 3. The van der Waals surface area contributed by atoms with E-state index in [2.05, 4.69) is 84.0 Å². The highest BCUT2D eigenvalue weighted by Crippen LogP contribution is 2.36. The third-order valence-corrected chi connectivity index (χ3v) is 5.12. The minimum absolute atomic E-state index is 0.658. The van der Waals surface area contributed by atoms with Crippen molar-refractivity contribution in [2.45, 2.75) is 48.0 Å². The summed E-state index contributed by atoms with van der Waals surface area (Å²) in [6.07, 6.45) is 3.58. The average Bonchev–Trinajstić information content (AvgIpc) is 2.46. The second-order valence-electron chi connectivity index (χ2n) is 7.54. The van der Waals surface area contributed by atoms with Crippen LogP contribution in [0.15, 0.2) is 53.6 Å². The number of hydrogen-bond donors (Lipinski definition) is 0. The van der Waals surface area contributed by atoms with Gasteiger partial charge >= 0.3 is 0 Å². The summed E-state index contributed by atoms with van der Waals surface area (Å²) in [5.41, 5.74) is 12.5. The van der Waals surface area contributed by atoms with Crippen molar-refractivity contribution in [2.24, 2.45) is 5.92 Å². The predicted octanol–water partition coefficient (Wildman–Crippen LogP) is 7.04. The lowest BCUT2D eigenvalue weighted by molar-refractivity contribution is 0.704. The van der Waals surface area contributed by atoms with E-state index in [4.69, 9.17) is 0 Å². The molecule has 0 N–H and O–H groups in total. The Bertz CT molecular complexity index is 806. The third-order valence-electron chi connectivity index (χ3n) is 5.12. The Balaban J connectivity index is 2.01. The van der Waals surface area contributed by atoms with E-state index in [1.165, 1.54) is 56.5 Å². The summed E-state index contributed by atoms with van der Waals surface area (Å²) in [5.74, 6) is 0.658. The van der Waals surface area contributed by atoms with Gasteiger partial charge in [0.25, 0.3) is 0 Å². The lowest BCUT2D eigenvalue weighted by atomic mass is 9.83. The summed E-state index contributed by atoms with van der Waals surface area (Å²) >= 11 is 0. The van der Waals surface area contributed by atoms with Gasteiger partial charge in [0.2, 0.25) is 0 Å². The zero-order chi connectivity index (χ0) is 17.4. The molecule has 0 aromatic heterocycles. The molecule has 124 valence electrons. The molecule has 0 radical (unpaired) electrons. The van der Waals surface area contributed by atoms with Crippen LogP contribution < -0.4 is 0 Å². The van der Waals surface area contributed by atoms with Crippen molar-refractivity contribution in [1.29, 1.82) is 0 Å². The van der Waals surface area contributed by atoms with Gasteiger partial charge in [-0.25, -0.2) is 0 Å². The summed E-state index contributed by atoms with van der Waals surface area (Å²) in [6, 6.07) is 13.7. The fraction of sp³-hybridized carbons (Fsp3) is 0.333. The van der Waals surface area contributed by atoms with Gasteiger partial charge in [0.1, 0.15) is 0 Å². The Morgan fingerprint density at radius 3 is 1.88 bits per heavy atom. The third kappa shape index (κ3) is 3.11. The van der Waals surface area contributed by atoms with E-state index in [1.807, 2.05) is 0 Å². The molecule has 0 aliphatic heterocycles. The van der Waals surface area contributed by atoms with Crippen molar-refractivity contribution in [3.05, 3.63) is 75.9 Å². The quantitative estimate of drug-likeness (QED) is 0.557. The molecule has 0 amide bonds. The van der Waals surface area contributed by atoms with Gasteiger partial charge in [-0.3, -0.25) is 0 Å². The molecule has 0 saturated carbocycles. The first kappa shape index (κ1) is 16.8. The van der Waals surface area contributed by atoms with E-state index in [1.54, 1.807) is 0 Å². The van der Waals surface area contributed by atoms with Gasteiger partial charge in [0, 0.05) is 0 Å². The Morgan fingerprint density at radius 1 is 0.792 bits per heavy atom. The summed E-state index contributed by atoms with van der Waals surface area (Å²) in [6.45, 7) is 13.4.